The Balaban J connectivity index is 1.44. The summed E-state index contributed by atoms with van der Waals surface area (Å²) in [4.78, 5) is 40.9. The average Bonchev–Trinajstić information content (AvgIpc) is 2.97. The Morgan fingerprint density at radius 2 is 1.48 bits per heavy atom. The Morgan fingerprint density at radius 3 is 2.12 bits per heavy atom. The van der Waals surface area contributed by atoms with E-state index in [9.17, 15) is 22.8 Å². The van der Waals surface area contributed by atoms with Crippen LogP contribution in [0.4, 0.5) is 0 Å². The first-order valence-corrected chi connectivity index (χ1v) is 15.4. The molecule has 0 bridgehead atoms. The molecule has 3 aromatic carbocycles. The van der Waals surface area contributed by atoms with Crippen LogP contribution < -0.4 is 10.0 Å². The van der Waals surface area contributed by atoms with E-state index in [-0.39, 0.29) is 35.1 Å². The number of benzene rings is 3. The molecule has 2 N–H and O–H groups in total. The zero-order valence-corrected chi connectivity index (χ0v) is 23.8. The number of amides is 3. The fourth-order valence-electron chi connectivity index (χ4n) is 5.41. The van der Waals surface area contributed by atoms with E-state index in [4.69, 9.17) is 0 Å². The summed E-state index contributed by atoms with van der Waals surface area (Å²) in [6.07, 6.45) is 3.17. The molecule has 0 radical (unpaired) electrons. The number of nitrogens with one attached hydrogen (secondary N) is 2. The SMILES string of the molecule is CCN(CC)C(=O)C(C[C@H]1CC[C@H](NC(=O)c2ccccc2)CC1)C(=O)NS(=O)(=O)c1ccc2ccccc2c1. The molecule has 1 unspecified atom stereocenters. The summed E-state index contributed by atoms with van der Waals surface area (Å²) < 4.78 is 28.6. The van der Waals surface area contributed by atoms with Gasteiger partial charge in [-0.2, -0.15) is 0 Å². The van der Waals surface area contributed by atoms with Gasteiger partial charge < -0.3 is 10.2 Å². The number of hydrogen-bond acceptors (Lipinski definition) is 5. The number of fused-ring (bicyclic) bond motifs is 1. The summed E-state index contributed by atoms with van der Waals surface area (Å²) in [5, 5.41) is 4.71. The van der Waals surface area contributed by atoms with Gasteiger partial charge in [-0.25, -0.2) is 13.1 Å². The molecule has 0 aromatic heterocycles. The van der Waals surface area contributed by atoms with Gasteiger partial charge in [0.25, 0.3) is 15.9 Å². The number of hydrogen-bond donors (Lipinski definition) is 2. The van der Waals surface area contributed by atoms with Crippen molar-refractivity contribution >= 4 is 38.5 Å². The molecule has 1 saturated carbocycles. The fraction of sp³-hybridized carbons (Fsp3) is 0.387. The summed E-state index contributed by atoms with van der Waals surface area (Å²) in [5.41, 5.74) is 0.610. The van der Waals surface area contributed by atoms with Crippen molar-refractivity contribution in [3.63, 3.8) is 0 Å². The van der Waals surface area contributed by atoms with Crippen molar-refractivity contribution in [1.29, 1.82) is 0 Å². The maximum Gasteiger partial charge on any atom is 0.264 e. The summed E-state index contributed by atoms with van der Waals surface area (Å²) in [6.45, 7) is 4.52. The minimum atomic E-state index is -4.18. The van der Waals surface area contributed by atoms with Gasteiger partial charge in [0.15, 0.2) is 0 Å². The second-order valence-electron chi connectivity index (χ2n) is 10.3. The molecule has 1 aliphatic carbocycles. The first-order valence-electron chi connectivity index (χ1n) is 13.9. The number of carbonyl (C=O) groups excluding carboxylic acids is 3. The monoisotopic (exact) mass is 563 g/mol. The van der Waals surface area contributed by atoms with E-state index in [0.717, 1.165) is 36.5 Å². The van der Waals surface area contributed by atoms with Crippen LogP contribution in [0.2, 0.25) is 0 Å². The molecule has 8 nitrogen and oxygen atoms in total. The standard InChI is InChI=1S/C31H37N3O5S/c1-3-34(4-2)31(37)28(20-22-14-17-26(18-15-22)32-29(35)24-11-6-5-7-12-24)30(36)33-40(38,39)27-19-16-23-10-8-9-13-25(23)21-27/h5-13,16,19,21-22,26,28H,3-4,14-15,17-18,20H2,1-2H3,(H,32,35)(H,33,36)/t22-,26-,28?. The molecule has 0 aliphatic heterocycles. The molecule has 0 saturated heterocycles. The third kappa shape index (κ3) is 7.07. The van der Waals surface area contributed by atoms with E-state index in [2.05, 4.69) is 10.0 Å². The lowest BCUT2D eigenvalue weighted by Gasteiger charge is -2.32. The second-order valence-corrected chi connectivity index (χ2v) is 12.0. The zero-order chi connectivity index (χ0) is 28.7. The minimum absolute atomic E-state index is 0.0167. The highest BCUT2D eigenvalue weighted by Crippen LogP contribution is 2.31. The third-order valence-corrected chi connectivity index (χ3v) is 9.09. The van der Waals surface area contributed by atoms with Crippen molar-refractivity contribution in [3.8, 4) is 0 Å². The van der Waals surface area contributed by atoms with Gasteiger partial charge in [0.2, 0.25) is 11.8 Å². The van der Waals surface area contributed by atoms with E-state index >= 15 is 0 Å². The maximum absolute atomic E-state index is 13.4. The summed E-state index contributed by atoms with van der Waals surface area (Å²) in [6, 6.07) is 21.1. The molecule has 1 aliphatic rings. The Hall–Kier alpha value is -3.72. The molecule has 9 heteroatoms. The maximum atomic E-state index is 13.4. The van der Waals surface area contributed by atoms with Crippen molar-refractivity contribution < 1.29 is 22.8 Å². The molecular weight excluding hydrogens is 526 g/mol. The van der Waals surface area contributed by atoms with Crippen LogP contribution in [-0.4, -0.2) is 50.2 Å². The van der Waals surface area contributed by atoms with Crippen LogP contribution in [0, 0.1) is 11.8 Å². The van der Waals surface area contributed by atoms with Gasteiger partial charge in [0.1, 0.15) is 5.92 Å². The normalized spacial score (nSPS) is 18.1. The fourth-order valence-corrected chi connectivity index (χ4v) is 6.46. The van der Waals surface area contributed by atoms with Gasteiger partial charge in [-0.15, -0.1) is 0 Å². The highest BCUT2D eigenvalue weighted by Gasteiger charge is 2.36. The second kappa shape index (κ2) is 13.1. The number of sulfonamides is 1. The van der Waals surface area contributed by atoms with E-state index in [1.54, 1.807) is 23.1 Å². The van der Waals surface area contributed by atoms with Gasteiger partial charge in [-0.3, -0.25) is 14.4 Å². The van der Waals surface area contributed by atoms with Crippen LogP contribution in [0.25, 0.3) is 10.8 Å². The molecule has 40 heavy (non-hydrogen) atoms. The Morgan fingerprint density at radius 1 is 0.850 bits per heavy atom. The molecule has 4 rings (SSSR count). The highest BCUT2D eigenvalue weighted by molar-refractivity contribution is 7.90. The van der Waals surface area contributed by atoms with Gasteiger partial charge in [0.05, 0.1) is 4.90 Å². The average molecular weight is 564 g/mol. The van der Waals surface area contributed by atoms with E-state index < -0.39 is 21.8 Å². The Bertz CT molecular complexity index is 1450. The molecule has 3 amide bonds. The van der Waals surface area contributed by atoms with E-state index in [1.807, 2.05) is 56.3 Å². The summed E-state index contributed by atoms with van der Waals surface area (Å²) in [7, 11) is -4.18. The van der Waals surface area contributed by atoms with Crippen LogP contribution in [0.5, 0.6) is 0 Å². The minimum Gasteiger partial charge on any atom is -0.349 e. The topological polar surface area (TPSA) is 113 Å². The zero-order valence-electron chi connectivity index (χ0n) is 23.0. The van der Waals surface area contributed by atoms with Crippen molar-refractivity contribution in [2.24, 2.45) is 11.8 Å². The highest BCUT2D eigenvalue weighted by atomic mass is 32.2. The number of carbonyl (C=O) groups is 3. The number of rotatable bonds is 10. The quantitative estimate of drug-likeness (QED) is 0.353. The Kier molecular flexibility index (Phi) is 9.58. The van der Waals surface area contributed by atoms with Gasteiger partial charge in [0, 0.05) is 24.7 Å². The van der Waals surface area contributed by atoms with Crippen molar-refractivity contribution in [3.05, 3.63) is 78.4 Å². The molecule has 212 valence electrons. The van der Waals surface area contributed by atoms with Crippen LogP contribution >= 0.6 is 0 Å². The molecule has 1 atom stereocenters. The van der Waals surface area contributed by atoms with E-state index in [1.165, 1.54) is 12.1 Å². The predicted molar refractivity (Wildman–Crippen MR) is 155 cm³/mol. The van der Waals surface area contributed by atoms with Crippen molar-refractivity contribution in [1.82, 2.24) is 14.9 Å². The first-order chi connectivity index (χ1) is 19.2. The van der Waals surface area contributed by atoms with Crippen LogP contribution in [0.1, 0.15) is 56.3 Å². The molecule has 0 heterocycles. The summed E-state index contributed by atoms with van der Waals surface area (Å²) >= 11 is 0. The molecule has 3 aromatic rings. The first kappa shape index (κ1) is 29.3. The van der Waals surface area contributed by atoms with Gasteiger partial charge in [-0.05, 0) is 86.9 Å². The largest absolute Gasteiger partial charge is 0.349 e. The lowest BCUT2D eigenvalue weighted by atomic mass is 9.80. The van der Waals surface area contributed by atoms with Crippen LogP contribution in [0.15, 0.2) is 77.7 Å². The summed E-state index contributed by atoms with van der Waals surface area (Å²) in [5.74, 6) is -2.34. The molecule has 1 fully saturated rings. The predicted octanol–water partition coefficient (Wildman–Crippen LogP) is 4.51. The lowest BCUT2D eigenvalue weighted by molar-refractivity contribution is -0.142. The van der Waals surface area contributed by atoms with Gasteiger partial charge in [-0.1, -0.05) is 48.5 Å². The van der Waals surface area contributed by atoms with Crippen LogP contribution in [-0.2, 0) is 19.6 Å². The molecule has 0 spiro atoms. The Labute approximate surface area is 236 Å². The van der Waals surface area contributed by atoms with Crippen molar-refractivity contribution in [2.45, 2.75) is 56.9 Å². The van der Waals surface area contributed by atoms with Crippen LogP contribution in [0.3, 0.4) is 0 Å². The third-order valence-electron chi connectivity index (χ3n) is 7.74. The van der Waals surface area contributed by atoms with Crippen molar-refractivity contribution in [2.75, 3.05) is 13.1 Å². The smallest absolute Gasteiger partial charge is 0.264 e. The van der Waals surface area contributed by atoms with E-state index in [0.29, 0.717) is 18.7 Å². The number of nitrogens with zero attached hydrogens (tertiary/aromatic N) is 1. The lowest BCUT2D eigenvalue weighted by Crippen LogP contribution is -2.46. The molecular formula is C31H37N3O5S. The van der Waals surface area contributed by atoms with Gasteiger partial charge >= 0.3 is 0 Å².